The van der Waals surface area contributed by atoms with E-state index >= 15 is 0 Å². The summed E-state index contributed by atoms with van der Waals surface area (Å²) in [4.78, 5) is 11.9. The Morgan fingerprint density at radius 1 is 1.47 bits per heavy atom. The lowest BCUT2D eigenvalue weighted by atomic mass is 9.74. The van der Waals surface area contributed by atoms with Crippen molar-refractivity contribution in [1.29, 1.82) is 5.26 Å². The Morgan fingerprint density at radius 3 is 2.27 bits per heavy atom. The highest BCUT2D eigenvalue weighted by Crippen LogP contribution is 2.28. The van der Waals surface area contributed by atoms with E-state index in [2.05, 4.69) is 5.32 Å². The minimum absolute atomic E-state index is 0.113. The van der Waals surface area contributed by atoms with E-state index < -0.39 is 11.0 Å². The summed E-state index contributed by atoms with van der Waals surface area (Å²) in [5, 5.41) is 11.3. The van der Waals surface area contributed by atoms with E-state index in [1.54, 1.807) is 20.8 Å². The summed E-state index contributed by atoms with van der Waals surface area (Å²) >= 11 is 0. The Labute approximate surface area is 91.8 Å². The third kappa shape index (κ3) is 3.52. The summed E-state index contributed by atoms with van der Waals surface area (Å²) in [5.41, 5.74) is 4.69. The highest BCUT2D eigenvalue weighted by atomic mass is 16.2. The highest BCUT2D eigenvalue weighted by Gasteiger charge is 2.40. The smallest absolute Gasteiger partial charge is 0.227 e. The van der Waals surface area contributed by atoms with Crippen LogP contribution in [-0.2, 0) is 4.79 Å². The number of hydrogen-bond donors (Lipinski definition) is 2. The van der Waals surface area contributed by atoms with Crippen LogP contribution in [0, 0.1) is 16.7 Å². The summed E-state index contributed by atoms with van der Waals surface area (Å²) < 4.78 is 0. The molecule has 0 saturated heterocycles. The van der Waals surface area contributed by atoms with Crippen LogP contribution in [0.15, 0.2) is 0 Å². The van der Waals surface area contributed by atoms with Crippen LogP contribution < -0.4 is 11.1 Å². The molecule has 1 amide bonds. The Kier molecular flexibility index (Phi) is 4.29. The molecule has 4 nitrogen and oxygen atoms in total. The summed E-state index contributed by atoms with van der Waals surface area (Å²) in [5.74, 6) is -0.113. The zero-order valence-corrected chi connectivity index (χ0v) is 10.2. The molecule has 1 atom stereocenters. The standard InChI is InChI=1S/C11H21N3O/c1-8(6-7-12)14-9(15)10(2,3)11(4,5)13/h8H,6,13H2,1-5H3,(H,14,15). The predicted molar refractivity (Wildman–Crippen MR) is 59.9 cm³/mol. The van der Waals surface area contributed by atoms with Crippen LogP contribution in [0.25, 0.3) is 0 Å². The third-order valence-corrected chi connectivity index (χ3v) is 2.95. The number of carbonyl (C=O) groups excluding carboxylic acids is 1. The molecule has 0 saturated carbocycles. The quantitative estimate of drug-likeness (QED) is 0.732. The maximum absolute atomic E-state index is 11.9. The van der Waals surface area contributed by atoms with Crippen molar-refractivity contribution >= 4 is 5.91 Å². The van der Waals surface area contributed by atoms with E-state index in [1.165, 1.54) is 0 Å². The van der Waals surface area contributed by atoms with Gasteiger partial charge >= 0.3 is 0 Å². The maximum atomic E-state index is 11.9. The molecule has 0 spiro atoms. The van der Waals surface area contributed by atoms with Gasteiger partial charge in [-0.2, -0.15) is 5.26 Å². The normalized spacial score (nSPS) is 14.2. The van der Waals surface area contributed by atoms with Crippen molar-refractivity contribution in [2.45, 2.75) is 52.6 Å². The third-order valence-electron chi connectivity index (χ3n) is 2.95. The Balaban J connectivity index is 4.53. The largest absolute Gasteiger partial charge is 0.352 e. The average Bonchev–Trinajstić information content (AvgIpc) is 2.02. The molecule has 86 valence electrons. The van der Waals surface area contributed by atoms with E-state index in [-0.39, 0.29) is 11.9 Å². The monoisotopic (exact) mass is 211 g/mol. The number of nitrogens with zero attached hydrogens (tertiary/aromatic N) is 1. The molecule has 0 aromatic carbocycles. The van der Waals surface area contributed by atoms with Gasteiger partial charge in [0.25, 0.3) is 0 Å². The minimum Gasteiger partial charge on any atom is -0.352 e. The van der Waals surface area contributed by atoms with Gasteiger partial charge < -0.3 is 11.1 Å². The van der Waals surface area contributed by atoms with Gasteiger partial charge in [0.1, 0.15) is 0 Å². The molecule has 1 unspecified atom stereocenters. The van der Waals surface area contributed by atoms with Crippen LogP contribution in [0.5, 0.6) is 0 Å². The molecule has 0 heterocycles. The lowest BCUT2D eigenvalue weighted by Crippen LogP contribution is -2.56. The molecular weight excluding hydrogens is 190 g/mol. The fourth-order valence-corrected chi connectivity index (χ4v) is 0.885. The van der Waals surface area contributed by atoms with Crippen LogP contribution in [-0.4, -0.2) is 17.5 Å². The van der Waals surface area contributed by atoms with Crippen LogP contribution in [0.1, 0.15) is 41.0 Å². The average molecular weight is 211 g/mol. The number of hydrogen-bond acceptors (Lipinski definition) is 3. The molecule has 0 fully saturated rings. The summed E-state index contributed by atoms with van der Waals surface area (Å²) in [6.45, 7) is 9.06. The van der Waals surface area contributed by atoms with Crippen molar-refractivity contribution in [3.05, 3.63) is 0 Å². The second kappa shape index (κ2) is 4.63. The first kappa shape index (κ1) is 13.9. The second-order valence-electron chi connectivity index (χ2n) is 5.08. The van der Waals surface area contributed by atoms with E-state index in [4.69, 9.17) is 11.0 Å². The molecule has 0 rings (SSSR count). The van der Waals surface area contributed by atoms with E-state index in [9.17, 15) is 4.79 Å². The van der Waals surface area contributed by atoms with Crippen molar-refractivity contribution < 1.29 is 4.79 Å². The number of nitrogens with one attached hydrogen (secondary N) is 1. The molecule has 0 aliphatic heterocycles. The van der Waals surface area contributed by atoms with Crippen molar-refractivity contribution in [2.75, 3.05) is 0 Å². The molecule has 15 heavy (non-hydrogen) atoms. The first-order valence-electron chi connectivity index (χ1n) is 5.09. The predicted octanol–water partition coefficient (Wildman–Crippen LogP) is 1.17. The van der Waals surface area contributed by atoms with Gasteiger partial charge in [-0.05, 0) is 34.6 Å². The Hall–Kier alpha value is -1.08. The topological polar surface area (TPSA) is 78.9 Å². The molecule has 0 aromatic rings. The SMILES string of the molecule is CC(CC#N)NC(=O)C(C)(C)C(C)(C)N. The fraction of sp³-hybridized carbons (Fsp3) is 0.818. The molecule has 0 aliphatic rings. The van der Waals surface area contributed by atoms with Gasteiger partial charge in [0.15, 0.2) is 0 Å². The molecular formula is C11H21N3O. The molecule has 0 aliphatic carbocycles. The Bertz CT molecular complexity index is 271. The molecule has 3 N–H and O–H groups in total. The van der Waals surface area contributed by atoms with Crippen LogP contribution >= 0.6 is 0 Å². The van der Waals surface area contributed by atoms with E-state index in [0.29, 0.717) is 6.42 Å². The van der Waals surface area contributed by atoms with Crippen LogP contribution in [0.3, 0.4) is 0 Å². The number of nitrogens with two attached hydrogens (primary N) is 1. The first-order valence-corrected chi connectivity index (χ1v) is 5.09. The van der Waals surface area contributed by atoms with Gasteiger partial charge in [0, 0.05) is 11.6 Å². The molecule has 0 aromatic heterocycles. The van der Waals surface area contributed by atoms with Crippen molar-refractivity contribution in [1.82, 2.24) is 5.32 Å². The van der Waals surface area contributed by atoms with Crippen molar-refractivity contribution in [3.8, 4) is 6.07 Å². The highest BCUT2D eigenvalue weighted by molar-refractivity contribution is 5.83. The molecule has 4 heteroatoms. The van der Waals surface area contributed by atoms with Crippen LogP contribution in [0.4, 0.5) is 0 Å². The summed E-state index contributed by atoms with van der Waals surface area (Å²) in [6.07, 6.45) is 0.312. The van der Waals surface area contributed by atoms with Gasteiger partial charge in [-0.1, -0.05) is 0 Å². The first-order chi connectivity index (χ1) is 6.63. The maximum Gasteiger partial charge on any atom is 0.227 e. The van der Waals surface area contributed by atoms with E-state index in [1.807, 2.05) is 19.9 Å². The minimum atomic E-state index is -0.656. The molecule has 0 bridgehead atoms. The van der Waals surface area contributed by atoms with Crippen molar-refractivity contribution in [3.63, 3.8) is 0 Å². The zero-order valence-electron chi connectivity index (χ0n) is 10.2. The Morgan fingerprint density at radius 2 is 1.93 bits per heavy atom. The molecule has 0 radical (unpaired) electrons. The number of nitriles is 1. The lowest BCUT2D eigenvalue weighted by Gasteiger charge is -2.37. The fourth-order valence-electron chi connectivity index (χ4n) is 0.885. The van der Waals surface area contributed by atoms with E-state index in [0.717, 1.165) is 0 Å². The zero-order chi connectivity index (χ0) is 12.3. The van der Waals surface area contributed by atoms with Gasteiger partial charge in [-0.15, -0.1) is 0 Å². The van der Waals surface area contributed by atoms with Gasteiger partial charge in [0.2, 0.25) is 5.91 Å². The van der Waals surface area contributed by atoms with Gasteiger partial charge in [0.05, 0.1) is 17.9 Å². The number of amides is 1. The number of rotatable bonds is 4. The van der Waals surface area contributed by atoms with Crippen LogP contribution in [0.2, 0.25) is 0 Å². The summed E-state index contributed by atoms with van der Waals surface area (Å²) in [6, 6.07) is 1.88. The second-order valence-corrected chi connectivity index (χ2v) is 5.08. The van der Waals surface area contributed by atoms with Gasteiger partial charge in [-0.3, -0.25) is 4.79 Å². The lowest BCUT2D eigenvalue weighted by molar-refractivity contribution is -0.132. The van der Waals surface area contributed by atoms with Gasteiger partial charge in [-0.25, -0.2) is 0 Å². The van der Waals surface area contributed by atoms with Crippen molar-refractivity contribution in [2.24, 2.45) is 11.1 Å². The summed E-state index contributed by atoms with van der Waals surface area (Å²) in [7, 11) is 0. The number of carbonyl (C=O) groups is 1.